The van der Waals surface area contributed by atoms with Crippen LogP contribution in [0, 0.1) is 11.3 Å². The summed E-state index contributed by atoms with van der Waals surface area (Å²) in [6, 6.07) is 9.12. The summed E-state index contributed by atoms with van der Waals surface area (Å²) in [5, 5.41) is 8.42. The molecule has 1 rings (SSSR count). The third-order valence-electron chi connectivity index (χ3n) is 1.82. The minimum Gasteiger partial charge on any atom is -0.295 e. The predicted molar refractivity (Wildman–Crippen MR) is 50.5 cm³/mol. The summed E-state index contributed by atoms with van der Waals surface area (Å²) in [5.74, 6) is -0.432. The minimum absolute atomic E-state index is 0.135. The van der Waals surface area contributed by atoms with E-state index in [4.69, 9.17) is 5.26 Å². The molecule has 14 heavy (non-hydrogen) atoms. The molecule has 0 amide bonds. The monoisotopic (exact) mass is 187 g/mol. The lowest BCUT2D eigenvalue weighted by Crippen LogP contribution is -2.03. The minimum atomic E-state index is -0.432. The predicted octanol–water partition coefficient (Wildman–Crippen LogP) is 1.06. The van der Waals surface area contributed by atoms with Gasteiger partial charge >= 0.3 is 0 Å². The summed E-state index contributed by atoms with van der Waals surface area (Å²) >= 11 is 0. The van der Waals surface area contributed by atoms with E-state index in [-0.39, 0.29) is 6.42 Å². The van der Waals surface area contributed by atoms with Gasteiger partial charge in [0.15, 0.2) is 12.1 Å². The number of nitriles is 1. The molecule has 0 bridgehead atoms. The second-order valence-corrected chi connectivity index (χ2v) is 2.91. The van der Waals surface area contributed by atoms with Gasteiger partial charge < -0.3 is 0 Å². The fourth-order valence-corrected chi connectivity index (χ4v) is 1.11. The molecule has 0 atom stereocenters. The van der Waals surface area contributed by atoms with Gasteiger partial charge in [0.05, 0.1) is 12.5 Å². The highest BCUT2D eigenvalue weighted by atomic mass is 16.2. The van der Waals surface area contributed by atoms with Gasteiger partial charge in [0, 0.05) is 6.42 Å². The maximum absolute atomic E-state index is 10.8. The van der Waals surface area contributed by atoms with Crippen molar-refractivity contribution in [3.63, 3.8) is 0 Å². The van der Waals surface area contributed by atoms with E-state index in [1.54, 1.807) is 24.3 Å². The van der Waals surface area contributed by atoms with Crippen LogP contribution in [0.25, 0.3) is 0 Å². The first-order valence-corrected chi connectivity index (χ1v) is 4.19. The fraction of sp³-hybridized carbons (Fsp3) is 0.182. The van der Waals surface area contributed by atoms with E-state index in [0.29, 0.717) is 12.7 Å². The molecule has 0 unspecified atom stereocenters. The molecule has 0 aromatic heterocycles. The van der Waals surface area contributed by atoms with E-state index < -0.39 is 5.78 Å². The highest BCUT2D eigenvalue weighted by Gasteiger charge is 2.01. The van der Waals surface area contributed by atoms with E-state index in [9.17, 15) is 9.59 Å². The molecule has 0 saturated carbocycles. The Morgan fingerprint density at radius 2 is 1.86 bits per heavy atom. The van der Waals surface area contributed by atoms with Gasteiger partial charge in [0.2, 0.25) is 0 Å². The first-order valence-electron chi connectivity index (χ1n) is 4.19. The van der Waals surface area contributed by atoms with Gasteiger partial charge in [-0.2, -0.15) is 5.26 Å². The van der Waals surface area contributed by atoms with E-state index in [0.717, 1.165) is 11.1 Å². The van der Waals surface area contributed by atoms with E-state index in [1.807, 2.05) is 6.07 Å². The molecule has 0 aliphatic carbocycles. The molecular weight excluding hydrogens is 178 g/mol. The van der Waals surface area contributed by atoms with Gasteiger partial charge in [-0.25, -0.2) is 0 Å². The number of hydrogen-bond acceptors (Lipinski definition) is 3. The maximum Gasteiger partial charge on any atom is 0.199 e. The molecule has 0 spiro atoms. The molecule has 0 aliphatic heterocycles. The van der Waals surface area contributed by atoms with Crippen LogP contribution in [0.5, 0.6) is 0 Å². The number of ketones is 1. The largest absolute Gasteiger partial charge is 0.295 e. The van der Waals surface area contributed by atoms with Crippen LogP contribution in [-0.2, 0) is 22.4 Å². The van der Waals surface area contributed by atoms with Crippen molar-refractivity contribution in [3.05, 3.63) is 35.4 Å². The molecule has 3 heteroatoms. The third-order valence-corrected chi connectivity index (χ3v) is 1.82. The summed E-state index contributed by atoms with van der Waals surface area (Å²) in [6.45, 7) is 0. The molecule has 3 nitrogen and oxygen atoms in total. The average molecular weight is 187 g/mol. The van der Waals surface area contributed by atoms with Gasteiger partial charge in [-0.1, -0.05) is 24.3 Å². The van der Waals surface area contributed by atoms with E-state index >= 15 is 0 Å². The Kier molecular flexibility index (Phi) is 3.57. The highest BCUT2D eigenvalue weighted by Crippen LogP contribution is 2.05. The normalized spacial score (nSPS) is 9.07. The summed E-state index contributed by atoms with van der Waals surface area (Å²) in [6.07, 6.45) is 0.821. The van der Waals surface area contributed by atoms with Crippen LogP contribution >= 0.6 is 0 Å². The van der Waals surface area contributed by atoms with Crippen molar-refractivity contribution < 1.29 is 9.59 Å². The summed E-state index contributed by atoms with van der Waals surface area (Å²) in [7, 11) is 0. The first kappa shape index (κ1) is 10.1. The van der Waals surface area contributed by atoms with Crippen LogP contribution in [0.1, 0.15) is 11.1 Å². The molecule has 0 heterocycles. The zero-order valence-corrected chi connectivity index (χ0v) is 7.56. The first-order chi connectivity index (χ1) is 6.76. The number of carbonyl (C=O) groups excluding carboxylic acids is 2. The number of benzene rings is 1. The van der Waals surface area contributed by atoms with E-state index in [1.165, 1.54) is 0 Å². The Morgan fingerprint density at radius 1 is 1.29 bits per heavy atom. The lowest BCUT2D eigenvalue weighted by atomic mass is 10.1. The average Bonchev–Trinajstić information content (AvgIpc) is 2.21. The van der Waals surface area contributed by atoms with Gasteiger partial charge in [-0.15, -0.1) is 0 Å². The Hall–Kier alpha value is -1.95. The Labute approximate surface area is 82.0 Å². The van der Waals surface area contributed by atoms with Crippen molar-refractivity contribution in [3.8, 4) is 6.07 Å². The molecular formula is C11H9NO2. The number of Topliss-reactive ketones (excluding diaryl/α,β-unsaturated/α-hetero) is 1. The molecule has 1 aromatic carbocycles. The zero-order chi connectivity index (χ0) is 10.4. The summed E-state index contributed by atoms with van der Waals surface area (Å²) in [4.78, 5) is 20.9. The van der Waals surface area contributed by atoms with Gasteiger partial charge in [0.25, 0.3) is 0 Å². The van der Waals surface area contributed by atoms with Crippen molar-refractivity contribution in [1.82, 2.24) is 0 Å². The Balaban J connectivity index is 2.69. The maximum atomic E-state index is 10.8. The van der Waals surface area contributed by atoms with Crippen molar-refractivity contribution in [2.45, 2.75) is 12.8 Å². The smallest absolute Gasteiger partial charge is 0.199 e. The third kappa shape index (κ3) is 2.83. The number of hydrogen-bond donors (Lipinski definition) is 0. The highest BCUT2D eigenvalue weighted by molar-refractivity contribution is 6.25. The Bertz CT molecular complexity index is 373. The van der Waals surface area contributed by atoms with Crippen LogP contribution in [0.2, 0.25) is 0 Å². The topological polar surface area (TPSA) is 57.9 Å². The standard InChI is InChI=1S/C11H9NO2/c12-6-5-9-1-3-10(4-2-9)7-11(14)8-13/h1-4,8H,5,7H2. The Morgan fingerprint density at radius 3 is 2.36 bits per heavy atom. The molecule has 0 N–H and O–H groups in total. The number of rotatable bonds is 4. The van der Waals surface area contributed by atoms with Crippen molar-refractivity contribution in [1.29, 1.82) is 5.26 Å². The summed E-state index contributed by atoms with van der Waals surface area (Å²) < 4.78 is 0. The van der Waals surface area contributed by atoms with Crippen LogP contribution in [0.4, 0.5) is 0 Å². The quantitative estimate of drug-likeness (QED) is 0.523. The number of nitrogens with zero attached hydrogens (tertiary/aromatic N) is 1. The van der Waals surface area contributed by atoms with Crippen LogP contribution in [0.15, 0.2) is 24.3 Å². The van der Waals surface area contributed by atoms with Gasteiger partial charge in [0.1, 0.15) is 0 Å². The summed E-state index contributed by atoms with van der Waals surface area (Å²) in [5.41, 5.74) is 1.71. The molecule has 0 aliphatic rings. The van der Waals surface area contributed by atoms with Gasteiger partial charge in [-0.3, -0.25) is 9.59 Å². The lowest BCUT2D eigenvalue weighted by molar-refractivity contribution is -0.129. The second kappa shape index (κ2) is 4.93. The zero-order valence-electron chi connectivity index (χ0n) is 7.56. The van der Waals surface area contributed by atoms with Crippen LogP contribution < -0.4 is 0 Å². The van der Waals surface area contributed by atoms with Crippen LogP contribution in [-0.4, -0.2) is 12.1 Å². The van der Waals surface area contributed by atoms with Crippen molar-refractivity contribution in [2.75, 3.05) is 0 Å². The molecule has 1 aromatic rings. The molecule has 0 fully saturated rings. The van der Waals surface area contributed by atoms with Gasteiger partial charge in [-0.05, 0) is 11.1 Å². The van der Waals surface area contributed by atoms with Crippen molar-refractivity contribution in [2.24, 2.45) is 0 Å². The number of aldehydes is 1. The fourth-order valence-electron chi connectivity index (χ4n) is 1.11. The van der Waals surface area contributed by atoms with Crippen LogP contribution in [0.3, 0.4) is 0 Å². The van der Waals surface area contributed by atoms with E-state index in [2.05, 4.69) is 0 Å². The SMILES string of the molecule is N#CCc1ccc(CC(=O)C=O)cc1. The second-order valence-electron chi connectivity index (χ2n) is 2.91. The number of carbonyl (C=O) groups is 2. The molecule has 70 valence electrons. The molecule has 0 radical (unpaired) electrons. The molecule has 0 saturated heterocycles. The lowest BCUT2D eigenvalue weighted by Gasteiger charge is -1.98. The van der Waals surface area contributed by atoms with Crippen molar-refractivity contribution >= 4 is 12.1 Å².